The summed E-state index contributed by atoms with van der Waals surface area (Å²) in [5.41, 5.74) is 6.10. The van der Waals surface area contributed by atoms with E-state index in [1.165, 1.54) is 12.1 Å². The van der Waals surface area contributed by atoms with E-state index in [1.54, 1.807) is 12.1 Å². The van der Waals surface area contributed by atoms with Gasteiger partial charge in [-0.15, -0.1) is 12.4 Å². The molecule has 0 aromatic heterocycles. The highest BCUT2D eigenvalue weighted by Gasteiger charge is 2.08. The number of nitrogens with two attached hydrogens (primary N) is 2. The number of hydrogen-bond donors (Lipinski definition) is 3. The molecule has 0 radical (unpaired) electrons. The molecule has 0 aliphatic carbocycles. The summed E-state index contributed by atoms with van der Waals surface area (Å²) in [7, 11) is -3.71. The molecule has 1 aromatic rings. The zero-order valence-electron chi connectivity index (χ0n) is 12.5. The average molecular weight is 350 g/mol. The van der Waals surface area contributed by atoms with E-state index in [2.05, 4.69) is 5.32 Å². The molecule has 0 bridgehead atoms. The Labute approximate surface area is 138 Å². The first-order valence-corrected chi connectivity index (χ1v) is 8.56. The molecule has 0 saturated heterocycles. The van der Waals surface area contributed by atoms with Gasteiger partial charge in [-0.1, -0.05) is 25.0 Å². The average Bonchev–Trinajstić information content (AvgIpc) is 2.44. The number of amides is 1. The first-order chi connectivity index (χ1) is 9.93. The lowest BCUT2D eigenvalue weighted by Gasteiger charge is -2.06. The quantitative estimate of drug-likeness (QED) is 0.582. The number of benzene rings is 1. The van der Waals surface area contributed by atoms with E-state index in [-0.39, 0.29) is 23.2 Å². The van der Waals surface area contributed by atoms with Gasteiger partial charge in [0.2, 0.25) is 15.9 Å². The SMILES string of the molecule is Cl.NCCCCCCC(=O)NCc1cccc(S(N)(=O)=O)c1. The highest BCUT2D eigenvalue weighted by atomic mass is 35.5. The number of halogens is 1. The number of carbonyl (C=O) groups excluding carboxylic acids is 1. The van der Waals surface area contributed by atoms with Crippen molar-refractivity contribution in [1.29, 1.82) is 0 Å². The van der Waals surface area contributed by atoms with Gasteiger partial charge in [-0.05, 0) is 37.1 Å². The lowest BCUT2D eigenvalue weighted by atomic mass is 10.1. The van der Waals surface area contributed by atoms with Gasteiger partial charge in [0, 0.05) is 13.0 Å². The van der Waals surface area contributed by atoms with Crippen LogP contribution in [0.2, 0.25) is 0 Å². The Bertz CT molecular complexity index is 564. The Morgan fingerprint density at radius 1 is 1.14 bits per heavy atom. The van der Waals surface area contributed by atoms with E-state index in [9.17, 15) is 13.2 Å². The number of unbranched alkanes of at least 4 members (excludes halogenated alkanes) is 3. The van der Waals surface area contributed by atoms with Crippen LogP contribution in [0.3, 0.4) is 0 Å². The topological polar surface area (TPSA) is 115 Å². The third kappa shape index (κ3) is 8.33. The van der Waals surface area contributed by atoms with Crippen LogP contribution in [0.5, 0.6) is 0 Å². The van der Waals surface area contributed by atoms with E-state index in [0.29, 0.717) is 25.1 Å². The van der Waals surface area contributed by atoms with Crippen LogP contribution in [0, 0.1) is 0 Å². The normalized spacial score (nSPS) is 10.8. The number of hydrogen-bond acceptors (Lipinski definition) is 4. The number of carbonyl (C=O) groups is 1. The molecule has 22 heavy (non-hydrogen) atoms. The summed E-state index contributed by atoms with van der Waals surface area (Å²) < 4.78 is 22.5. The van der Waals surface area contributed by atoms with Crippen LogP contribution < -0.4 is 16.2 Å². The molecule has 1 rings (SSSR count). The largest absolute Gasteiger partial charge is 0.352 e. The second kappa shape index (κ2) is 10.6. The minimum absolute atomic E-state index is 0. The highest BCUT2D eigenvalue weighted by molar-refractivity contribution is 7.89. The van der Waals surface area contributed by atoms with E-state index >= 15 is 0 Å². The van der Waals surface area contributed by atoms with Crippen LogP contribution in [0.25, 0.3) is 0 Å². The minimum atomic E-state index is -3.71. The molecule has 0 spiro atoms. The van der Waals surface area contributed by atoms with Crippen molar-refractivity contribution in [2.45, 2.75) is 43.5 Å². The molecule has 0 unspecified atom stereocenters. The summed E-state index contributed by atoms with van der Waals surface area (Å²) in [5, 5.41) is 7.83. The van der Waals surface area contributed by atoms with Gasteiger partial charge in [-0.3, -0.25) is 4.79 Å². The highest BCUT2D eigenvalue weighted by Crippen LogP contribution is 2.09. The number of rotatable bonds is 9. The van der Waals surface area contributed by atoms with Crippen LogP contribution in [-0.2, 0) is 21.4 Å². The van der Waals surface area contributed by atoms with Crippen LogP contribution in [0.1, 0.15) is 37.7 Å². The molecule has 1 amide bonds. The molecule has 0 aliphatic heterocycles. The van der Waals surface area contributed by atoms with Gasteiger partial charge in [0.25, 0.3) is 0 Å². The van der Waals surface area contributed by atoms with Crippen molar-refractivity contribution in [3.63, 3.8) is 0 Å². The molecule has 0 heterocycles. The number of primary sulfonamides is 1. The lowest BCUT2D eigenvalue weighted by Crippen LogP contribution is -2.22. The van der Waals surface area contributed by atoms with E-state index in [1.807, 2.05) is 0 Å². The third-order valence-corrected chi connectivity index (χ3v) is 3.99. The summed E-state index contributed by atoms with van der Waals surface area (Å²) in [6.07, 6.45) is 4.33. The van der Waals surface area contributed by atoms with Gasteiger partial charge < -0.3 is 11.1 Å². The number of nitrogens with one attached hydrogen (secondary N) is 1. The van der Waals surface area contributed by atoms with Crippen LogP contribution in [0.15, 0.2) is 29.2 Å². The Balaban J connectivity index is 0.00000441. The monoisotopic (exact) mass is 349 g/mol. The van der Waals surface area contributed by atoms with Crippen LogP contribution >= 0.6 is 12.4 Å². The van der Waals surface area contributed by atoms with Crippen molar-refractivity contribution >= 4 is 28.3 Å². The summed E-state index contributed by atoms with van der Waals surface area (Å²) in [6.45, 7) is 0.984. The van der Waals surface area contributed by atoms with Crippen molar-refractivity contribution in [1.82, 2.24) is 5.32 Å². The van der Waals surface area contributed by atoms with Gasteiger partial charge in [-0.25, -0.2) is 13.6 Å². The Morgan fingerprint density at radius 3 is 2.45 bits per heavy atom. The van der Waals surface area contributed by atoms with Gasteiger partial charge in [0.05, 0.1) is 4.90 Å². The molecule has 1 aromatic carbocycles. The molecule has 126 valence electrons. The zero-order chi connectivity index (χ0) is 15.7. The molecular formula is C14H24ClN3O3S. The maximum Gasteiger partial charge on any atom is 0.238 e. The Kier molecular flexibility index (Phi) is 10.0. The van der Waals surface area contributed by atoms with Crippen molar-refractivity contribution < 1.29 is 13.2 Å². The molecule has 0 saturated carbocycles. The maximum absolute atomic E-state index is 11.7. The van der Waals surface area contributed by atoms with E-state index < -0.39 is 10.0 Å². The fourth-order valence-electron chi connectivity index (χ4n) is 1.90. The maximum atomic E-state index is 11.7. The molecule has 0 fully saturated rings. The van der Waals surface area contributed by atoms with Crippen molar-refractivity contribution in [3.05, 3.63) is 29.8 Å². The first-order valence-electron chi connectivity index (χ1n) is 7.02. The predicted molar refractivity (Wildman–Crippen MR) is 89.0 cm³/mol. The molecule has 6 nitrogen and oxygen atoms in total. The summed E-state index contributed by atoms with van der Waals surface area (Å²) >= 11 is 0. The van der Waals surface area contributed by atoms with E-state index in [0.717, 1.165) is 25.7 Å². The van der Waals surface area contributed by atoms with Gasteiger partial charge >= 0.3 is 0 Å². The predicted octanol–water partition coefficient (Wildman–Crippen LogP) is 1.28. The van der Waals surface area contributed by atoms with Gasteiger partial charge in [0.1, 0.15) is 0 Å². The standard InChI is InChI=1S/C14H23N3O3S.ClH/c15-9-4-2-1-3-8-14(18)17-11-12-6-5-7-13(10-12)21(16,19)20;/h5-7,10H,1-4,8-9,11,15H2,(H,17,18)(H2,16,19,20);1H. The van der Waals surface area contributed by atoms with Crippen molar-refractivity contribution in [2.75, 3.05) is 6.54 Å². The van der Waals surface area contributed by atoms with E-state index in [4.69, 9.17) is 10.9 Å². The molecule has 5 N–H and O–H groups in total. The molecule has 0 atom stereocenters. The summed E-state index contributed by atoms with van der Waals surface area (Å²) in [6, 6.07) is 6.25. The minimum Gasteiger partial charge on any atom is -0.352 e. The fraction of sp³-hybridized carbons (Fsp3) is 0.500. The Morgan fingerprint density at radius 2 is 1.82 bits per heavy atom. The van der Waals surface area contributed by atoms with Crippen LogP contribution in [-0.4, -0.2) is 20.9 Å². The molecule has 0 aliphatic rings. The third-order valence-electron chi connectivity index (χ3n) is 3.07. The van der Waals surface area contributed by atoms with Crippen LogP contribution in [0.4, 0.5) is 0 Å². The number of sulfonamides is 1. The lowest BCUT2D eigenvalue weighted by molar-refractivity contribution is -0.121. The second-order valence-electron chi connectivity index (χ2n) is 4.92. The molecule has 8 heteroatoms. The smallest absolute Gasteiger partial charge is 0.238 e. The van der Waals surface area contributed by atoms with Crippen molar-refractivity contribution in [2.24, 2.45) is 10.9 Å². The van der Waals surface area contributed by atoms with Gasteiger partial charge in [0.15, 0.2) is 0 Å². The second-order valence-corrected chi connectivity index (χ2v) is 6.48. The molecular weight excluding hydrogens is 326 g/mol. The summed E-state index contributed by atoms with van der Waals surface area (Å²) in [4.78, 5) is 11.7. The zero-order valence-corrected chi connectivity index (χ0v) is 14.1. The first kappa shape index (κ1) is 20.9. The van der Waals surface area contributed by atoms with Crippen molar-refractivity contribution in [3.8, 4) is 0 Å². The summed E-state index contributed by atoms with van der Waals surface area (Å²) in [5.74, 6) is -0.0382. The fourth-order valence-corrected chi connectivity index (χ4v) is 2.49. The van der Waals surface area contributed by atoms with Gasteiger partial charge in [-0.2, -0.15) is 0 Å². The Hall–Kier alpha value is -1.15.